The first kappa shape index (κ1) is 11.1. The van der Waals surface area contributed by atoms with E-state index in [1.165, 1.54) is 0 Å². The molecule has 0 aliphatic carbocycles. The Balaban J connectivity index is 2.14. The molecule has 0 radical (unpaired) electrons. The van der Waals surface area contributed by atoms with Gasteiger partial charge in [0, 0.05) is 0 Å². The Morgan fingerprint density at radius 2 is 1.44 bits per heavy atom. The maximum atomic E-state index is 11.3. The second kappa shape index (κ2) is 5.06. The first-order chi connectivity index (χ1) is 7.75. The van der Waals surface area contributed by atoms with Gasteiger partial charge < -0.3 is 0 Å². The van der Waals surface area contributed by atoms with Gasteiger partial charge in [-0.15, -0.1) is 0 Å². The minimum atomic E-state index is -1.81. The number of ether oxygens (including phenoxy) is 1. The number of benzene rings is 2. The molecule has 3 heteroatoms. The first-order valence-corrected chi connectivity index (χ1v) is 8.19. The molecular weight excluding hydrogens is 267 g/mol. The zero-order chi connectivity index (χ0) is 11.4. The molecule has 82 valence electrons. The van der Waals surface area contributed by atoms with Crippen LogP contribution < -0.4 is 9.20 Å². The predicted octanol–water partition coefficient (Wildman–Crippen LogP) is 2.74. The Hall–Kier alpha value is -1.44. The molecule has 0 N–H and O–H groups in total. The monoisotopic (exact) mass is 280 g/mol. The molecule has 0 fully saturated rings. The third-order valence-electron chi connectivity index (χ3n) is 2.13. The molecule has 0 bridgehead atoms. The van der Waals surface area contributed by atoms with E-state index in [-0.39, 0.29) is 0 Å². The Bertz CT molecular complexity index is 477. The SMILES string of the molecule is C[Se](=O)c1ccc(Oc2ccccc2)cc1. The average molecular weight is 279 g/mol. The second-order valence-electron chi connectivity index (χ2n) is 3.34. The molecule has 0 aromatic heterocycles. The molecule has 0 heterocycles. The van der Waals surface area contributed by atoms with Crippen LogP contribution in [-0.4, -0.2) is 13.8 Å². The fraction of sp³-hybridized carbons (Fsp3) is 0.0769. The van der Waals surface area contributed by atoms with Crippen LogP contribution in [0.3, 0.4) is 0 Å². The van der Waals surface area contributed by atoms with Gasteiger partial charge in [0.2, 0.25) is 0 Å². The van der Waals surface area contributed by atoms with Crippen molar-refractivity contribution in [1.29, 1.82) is 0 Å². The van der Waals surface area contributed by atoms with Crippen LogP contribution in [0.25, 0.3) is 0 Å². The summed E-state index contributed by atoms with van der Waals surface area (Å²) < 4.78 is 17.8. The summed E-state index contributed by atoms with van der Waals surface area (Å²) >= 11 is -1.81. The Kier molecular flexibility index (Phi) is 3.50. The van der Waals surface area contributed by atoms with E-state index in [0.29, 0.717) is 0 Å². The van der Waals surface area contributed by atoms with Gasteiger partial charge in [0.05, 0.1) is 0 Å². The van der Waals surface area contributed by atoms with Gasteiger partial charge in [0.15, 0.2) is 0 Å². The third kappa shape index (κ3) is 2.78. The van der Waals surface area contributed by atoms with Crippen LogP contribution in [0.15, 0.2) is 54.6 Å². The number of hydrogen-bond donors (Lipinski definition) is 0. The van der Waals surface area contributed by atoms with Crippen LogP contribution in [0.2, 0.25) is 5.82 Å². The molecule has 0 amide bonds. The Morgan fingerprint density at radius 3 is 2.00 bits per heavy atom. The van der Waals surface area contributed by atoms with Crippen molar-refractivity contribution in [2.24, 2.45) is 0 Å². The molecule has 1 unspecified atom stereocenters. The van der Waals surface area contributed by atoms with Crippen molar-refractivity contribution < 1.29 is 8.57 Å². The molecule has 2 aromatic rings. The quantitative estimate of drug-likeness (QED) is 0.807. The molecule has 2 aromatic carbocycles. The summed E-state index contributed by atoms with van der Waals surface area (Å²) in [5, 5.41) is 0. The van der Waals surface area contributed by atoms with Crippen LogP contribution in [0, 0.1) is 0 Å². The second-order valence-corrected chi connectivity index (χ2v) is 6.24. The number of rotatable bonds is 3. The summed E-state index contributed by atoms with van der Waals surface area (Å²) in [6.45, 7) is 0. The molecule has 0 spiro atoms. The minimum absolute atomic E-state index is 0.766. The van der Waals surface area contributed by atoms with Crippen molar-refractivity contribution in [3.05, 3.63) is 54.6 Å². The molecule has 0 saturated carbocycles. The molecule has 0 saturated heterocycles. The van der Waals surface area contributed by atoms with Gasteiger partial charge in [-0.1, -0.05) is 0 Å². The third-order valence-corrected chi connectivity index (χ3v) is 4.10. The van der Waals surface area contributed by atoms with Crippen molar-refractivity contribution in [3.8, 4) is 11.5 Å². The van der Waals surface area contributed by atoms with Crippen molar-refractivity contribution in [2.45, 2.75) is 5.82 Å². The summed E-state index contributed by atoms with van der Waals surface area (Å²) in [5.41, 5.74) is 0. The standard InChI is InChI=1S/C13H12O2Se/c1-16(14)13-9-7-12(8-10-13)15-11-5-3-2-4-6-11/h2-10H,1H3. The van der Waals surface area contributed by atoms with Crippen molar-refractivity contribution in [3.63, 3.8) is 0 Å². The maximum absolute atomic E-state index is 11.3. The average Bonchev–Trinajstić information content (AvgIpc) is 2.31. The van der Waals surface area contributed by atoms with E-state index in [2.05, 4.69) is 0 Å². The summed E-state index contributed by atoms with van der Waals surface area (Å²) in [5.74, 6) is 3.33. The van der Waals surface area contributed by atoms with Gasteiger partial charge in [-0.2, -0.15) is 0 Å². The van der Waals surface area contributed by atoms with E-state index in [0.717, 1.165) is 16.0 Å². The summed E-state index contributed by atoms with van der Waals surface area (Å²) in [4.78, 5) is 0. The van der Waals surface area contributed by atoms with Crippen LogP contribution in [-0.2, 0) is 3.83 Å². The molecule has 1 atom stereocenters. The normalized spacial score (nSPS) is 12.1. The van der Waals surface area contributed by atoms with Crippen LogP contribution in [0.5, 0.6) is 11.5 Å². The molecule has 0 aliphatic heterocycles. The number of para-hydroxylation sites is 1. The first-order valence-electron chi connectivity index (χ1n) is 4.92. The zero-order valence-electron chi connectivity index (χ0n) is 8.92. The summed E-state index contributed by atoms with van der Waals surface area (Å²) in [6, 6.07) is 17.0. The van der Waals surface area contributed by atoms with Gasteiger partial charge in [-0.3, -0.25) is 0 Å². The van der Waals surface area contributed by atoms with Crippen LogP contribution in [0.4, 0.5) is 0 Å². The Labute approximate surface area is 99.0 Å². The zero-order valence-corrected chi connectivity index (χ0v) is 10.6. The van der Waals surface area contributed by atoms with Gasteiger partial charge >= 0.3 is 98.8 Å². The predicted molar refractivity (Wildman–Crippen MR) is 64.9 cm³/mol. The fourth-order valence-corrected chi connectivity index (χ4v) is 2.41. The molecule has 2 rings (SSSR count). The van der Waals surface area contributed by atoms with E-state index >= 15 is 0 Å². The van der Waals surface area contributed by atoms with Gasteiger partial charge in [0.25, 0.3) is 0 Å². The van der Waals surface area contributed by atoms with Gasteiger partial charge in [-0.05, 0) is 0 Å². The van der Waals surface area contributed by atoms with E-state index in [4.69, 9.17) is 4.74 Å². The topological polar surface area (TPSA) is 26.3 Å². The Morgan fingerprint density at radius 1 is 0.875 bits per heavy atom. The van der Waals surface area contributed by atoms with E-state index in [1.54, 1.807) is 5.82 Å². The number of hydrogen-bond acceptors (Lipinski definition) is 2. The van der Waals surface area contributed by atoms with E-state index in [9.17, 15) is 3.83 Å². The van der Waals surface area contributed by atoms with Crippen LogP contribution in [0.1, 0.15) is 0 Å². The van der Waals surface area contributed by atoms with Crippen molar-refractivity contribution in [2.75, 3.05) is 0 Å². The van der Waals surface area contributed by atoms with Gasteiger partial charge in [0.1, 0.15) is 0 Å². The van der Waals surface area contributed by atoms with E-state index < -0.39 is 13.8 Å². The summed E-state index contributed by atoms with van der Waals surface area (Å²) in [6.07, 6.45) is 0. The summed E-state index contributed by atoms with van der Waals surface area (Å²) in [7, 11) is 0. The van der Waals surface area contributed by atoms with Crippen LogP contribution >= 0.6 is 0 Å². The molecule has 16 heavy (non-hydrogen) atoms. The molecular formula is C13H12O2Se. The van der Waals surface area contributed by atoms with E-state index in [1.807, 2.05) is 54.6 Å². The molecule has 2 nitrogen and oxygen atoms in total. The van der Waals surface area contributed by atoms with Crippen molar-refractivity contribution >= 4 is 18.3 Å². The van der Waals surface area contributed by atoms with Gasteiger partial charge in [-0.25, -0.2) is 0 Å². The fourth-order valence-electron chi connectivity index (χ4n) is 1.32. The van der Waals surface area contributed by atoms with Crippen molar-refractivity contribution in [1.82, 2.24) is 0 Å². The molecule has 0 aliphatic rings.